The van der Waals surface area contributed by atoms with E-state index in [4.69, 9.17) is 0 Å². The first-order valence-electron chi connectivity index (χ1n) is 4.60. The van der Waals surface area contributed by atoms with Crippen molar-refractivity contribution in [1.82, 2.24) is 0 Å². The molecule has 1 N–H and O–H groups in total. The summed E-state index contributed by atoms with van der Waals surface area (Å²) in [6, 6.07) is 6.31. The molecule has 0 saturated heterocycles. The molecule has 1 aromatic rings. The van der Waals surface area contributed by atoms with Crippen molar-refractivity contribution in [3.8, 4) is 0 Å². The van der Waals surface area contributed by atoms with Gasteiger partial charge in [0.2, 0.25) is 0 Å². The Morgan fingerprint density at radius 2 is 2.25 bits per heavy atom. The van der Waals surface area contributed by atoms with Crippen LogP contribution in [-0.4, -0.2) is 24.5 Å². The third-order valence-corrected chi connectivity index (χ3v) is 2.14. The van der Waals surface area contributed by atoms with E-state index < -0.39 is 12.1 Å². The number of carbonyl (C=O) groups is 2. The van der Waals surface area contributed by atoms with Gasteiger partial charge in [0.25, 0.3) is 0 Å². The molecule has 0 fully saturated rings. The molecule has 1 aromatic carbocycles. The van der Waals surface area contributed by atoms with E-state index in [1.54, 1.807) is 18.2 Å². The Hall–Kier alpha value is -1.94. The van der Waals surface area contributed by atoms with Gasteiger partial charge in [-0.1, -0.05) is 24.8 Å². The average molecular weight is 220 g/mol. The van der Waals surface area contributed by atoms with Crippen LogP contribution >= 0.6 is 0 Å². The van der Waals surface area contributed by atoms with Gasteiger partial charge in [-0.05, 0) is 11.6 Å². The van der Waals surface area contributed by atoms with E-state index in [0.29, 0.717) is 17.4 Å². The van der Waals surface area contributed by atoms with Crippen LogP contribution < -0.4 is 0 Å². The van der Waals surface area contributed by atoms with Gasteiger partial charge in [-0.3, -0.25) is 4.79 Å². The van der Waals surface area contributed by atoms with Gasteiger partial charge in [0.1, 0.15) is 12.4 Å². The summed E-state index contributed by atoms with van der Waals surface area (Å²) in [4.78, 5) is 21.7. The molecule has 4 heteroatoms. The van der Waals surface area contributed by atoms with Crippen LogP contribution in [-0.2, 0) is 9.53 Å². The highest BCUT2D eigenvalue weighted by atomic mass is 16.5. The van der Waals surface area contributed by atoms with E-state index in [0.717, 1.165) is 0 Å². The number of ether oxygens (including phenoxy) is 1. The van der Waals surface area contributed by atoms with Gasteiger partial charge >= 0.3 is 5.97 Å². The fraction of sp³-hybridized carbons (Fsp3) is 0.167. The number of hydrogen-bond donors (Lipinski definition) is 1. The second-order valence-electron chi connectivity index (χ2n) is 3.21. The number of carbonyl (C=O) groups excluding carboxylic acids is 2. The van der Waals surface area contributed by atoms with Crippen molar-refractivity contribution in [2.45, 2.75) is 6.10 Å². The zero-order chi connectivity index (χ0) is 12.1. The molecular weight excluding hydrogens is 208 g/mol. The fourth-order valence-corrected chi connectivity index (χ4v) is 1.25. The number of aliphatic hydroxyl groups is 1. The fourth-order valence-electron chi connectivity index (χ4n) is 1.25. The molecule has 0 spiro atoms. The average Bonchev–Trinajstić information content (AvgIpc) is 2.36. The molecule has 0 saturated carbocycles. The lowest BCUT2D eigenvalue weighted by Crippen LogP contribution is -2.12. The lowest BCUT2D eigenvalue weighted by Gasteiger charge is -2.12. The minimum atomic E-state index is -1.16. The predicted molar refractivity (Wildman–Crippen MR) is 57.9 cm³/mol. The van der Waals surface area contributed by atoms with Gasteiger partial charge < -0.3 is 9.84 Å². The van der Waals surface area contributed by atoms with Crippen molar-refractivity contribution in [2.24, 2.45) is 0 Å². The number of aliphatic hydroxyl groups excluding tert-OH is 1. The van der Waals surface area contributed by atoms with Crippen LogP contribution in [0.25, 0.3) is 0 Å². The monoisotopic (exact) mass is 220 g/mol. The summed E-state index contributed by atoms with van der Waals surface area (Å²) in [6.45, 7) is 3.44. The van der Waals surface area contributed by atoms with Crippen molar-refractivity contribution in [3.63, 3.8) is 0 Å². The van der Waals surface area contributed by atoms with Crippen LogP contribution in [0.1, 0.15) is 22.0 Å². The van der Waals surface area contributed by atoms with Crippen LogP contribution in [0.2, 0.25) is 0 Å². The smallest absolute Gasteiger partial charge is 0.336 e. The molecule has 0 radical (unpaired) electrons. The summed E-state index contributed by atoms with van der Waals surface area (Å²) in [5.41, 5.74) is 0.791. The Morgan fingerprint density at radius 1 is 1.56 bits per heavy atom. The number of esters is 1. The molecule has 0 amide bonds. The zero-order valence-corrected chi connectivity index (χ0v) is 8.84. The molecule has 1 atom stereocenters. The lowest BCUT2D eigenvalue weighted by molar-refractivity contribution is -0.137. The Morgan fingerprint density at radius 3 is 2.81 bits per heavy atom. The molecule has 0 aliphatic carbocycles. The van der Waals surface area contributed by atoms with Gasteiger partial charge in [-0.25, -0.2) is 4.79 Å². The Kier molecular flexibility index (Phi) is 3.96. The topological polar surface area (TPSA) is 63.6 Å². The van der Waals surface area contributed by atoms with Crippen LogP contribution in [0.3, 0.4) is 0 Å². The molecule has 1 rings (SSSR count). The quantitative estimate of drug-likeness (QED) is 0.471. The molecule has 16 heavy (non-hydrogen) atoms. The Balaban J connectivity index is 2.95. The highest BCUT2D eigenvalue weighted by molar-refractivity contribution is 5.89. The van der Waals surface area contributed by atoms with Gasteiger partial charge in [0, 0.05) is 5.56 Å². The zero-order valence-electron chi connectivity index (χ0n) is 8.84. The first-order chi connectivity index (χ1) is 7.60. The predicted octanol–water partition coefficient (Wildman–Crippen LogP) is 1.26. The molecule has 84 valence electrons. The molecule has 0 aromatic heterocycles. The second-order valence-corrected chi connectivity index (χ2v) is 3.21. The van der Waals surface area contributed by atoms with Crippen molar-refractivity contribution in [3.05, 3.63) is 47.5 Å². The van der Waals surface area contributed by atoms with E-state index in [1.807, 2.05) is 0 Å². The summed E-state index contributed by atoms with van der Waals surface area (Å²) in [5.74, 6) is -0.677. The molecule has 0 aliphatic rings. The Bertz CT molecular complexity index is 423. The van der Waals surface area contributed by atoms with Gasteiger partial charge in [0.05, 0.1) is 12.7 Å². The number of aldehydes is 1. The highest BCUT2D eigenvalue weighted by Gasteiger charge is 2.18. The number of rotatable bonds is 4. The normalized spacial score (nSPS) is 11.6. The maximum absolute atomic E-state index is 11.1. The summed E-state index contributed by atoms with van der Waals surface area (Å²) in [7, 11) is 1.21. The third-order valence-electron chi connectivity index (χ3n) is 2.14. The summed E-state index contributed by atoms with van der Waals surface area (Å²) < 4.78 is 4.44. The Labute approximate surface area is 93.2 Å². The van der Waals surface area contributed by atoms with Crippen LogP contribution in [0.15, 0.2) is 36.4 Å². The molecular formula is C12H12O4. The van der Waals surface area contributed by atoms with Gasteiger partial charge in [-0.2, -0.15) is 0 Å². The van der Waals surface area contributed by atoms with E-state index in [1.165, 1.54) is 13.2 Å². The van der Waals surface area contributed by atoms with Gasteiger partial charge in [-0.15, -0.1) is 0 Å². The summed E-state index contributed by atoms with van der Waals surface area (Å²) in [5, 5.41) is 9.79. The van der Waals surface area contributed by atoms with Crippen molar-refractivity contribution in [2.75, 3.05) is 7.11 Å². The summed E-state index contributed by atoms with van der Waals surface area (Å²) in [6.07, 6.45) is -0.496. The molecule has 4 nitrogen and oxygen atoms in total. The maximum atomic E-state index is 11.1. The number of hydrogen-bond acceptors (Lipinski definition) is 4. The minimum absolute atomic E-state index is 0.0643. The molecule has 0 heterocycles. The van der Waals surface area contributed by atoms with Crippen molar-refractivity contribution >= 4 is 12.3 Å². The van der Waals surface area contributed by atoms with Crippen molar-refractivity contribution < 1.29 is 19.4 Å². The summed E-state index contributed by atoms with van der Waals surface area (Å²) >= 11 is 0. The highest BCUT2D eigenvalue weighted by Crippen LogP contribution is 2.21. The SMILES string of the molecule is C=C(C(=O)OC)C(O)c1cccc(C=O)c1. The minimum Gasteiger partial charge on any atom is -0.466 e. The van der Waals surface area contributed by atoms with Gasteiger partial charge in [0.15, 0.2) is 0 Å². The van der Waals surface area contributed by atoms with E-state index >= 15 is 0 Å². The van der Waals surface area contributed by atoms with E-state index in [-0.39, 0.29) is 5.57 Å². The maximum Gasteiger partial charge on any atom is 0.336 e. The van der Waals surface area contributed by atoms with Crippen LogP contribution in [0.5, 0.6) is 0 Å². The lowest BCUT2D eigenvalue weighted by atomic mass is 10.0. The molecule has 1 unspecified atom stereocenters. The second kappa shape index (κ2) is 5.23. The standard InChI is InChI=1S/C12H12O4/c1-8(12(15)16-2)11(14)10-5-3-4-9(6-10)7-13/h3-7,11,14H,1H2,2H3. The first-order valence-corrected chi connectivity index (χ1v) is 4.60. The number of methoxy groups -OCH3 is 1. The largest absolute Gasteiger partial charge is 0.466 e. The van der Waals surface area contributed by atoms with Crippen molar-refractivity contribution in [1.29, 1.82) is 0 Å². The molecule has 0 aliphatic heterocycles. The molecule has 0 bridgehead atoms. The van der Waals surface area contributed by atoms with Crippen LogP contribution in [0, 0.1) is 0 Å². The van der Waals surface area contributed by atoms with Crippen LogP contribution in [0.4, 0.5) is 0 Å². The number of benzene rings is 1. The third kappa shape index (κ3) is 2.55. The van der Waals surface area contributed by atoms with E-state index in [9.17, 15) is 14.7 Å². The van der Waals surface area contributed by atoms with E-state index in [2.05, 4.69) is 11.3 Å². The first kappa shape index (κ1) is 12.1.